The molecule has 0 aliphatic heterocycles. The molecule has 0 bridgehead atoms. The third-order valence-corrected chi connectivity index (χ3v) is 5.76. The quantitative estimate of drug-likeness (QED) is 0.391. The van der Waals surface area contributed by atoms with Gasteiger partial charge in [-0.2, -0.15) is 0 Å². The second-order valence-electron chi connectivity index (χ2n) is 6.94. The molecule has 0 spiro atoms. The summed E-state index contributed by atoms with van der Waals surface area (Å²) < 4.78 is 0. The molecule has 3 nitrogen and oxygen atoms in total. The van der Waals surface area contributed by atoms with E-state index in [1.54, 1.807) is 0 Å². The minimum atomic E-state index is 0.164. The van der Waals surface area contributed by atoms with E-state index in [4.69, 9.17) is 0 Å². The van der Waals surface area contributed by atoms with Gasteiger partial charge < -0.3 is 4.98 Å². The number of para-hydroxylation sites is 2. The Balaban J connectivity index is 1.46. The first-order chi connectivity index (χ1) is 13.3. The van der Waals surface area contributed by atoms with Crippen LogP contribution in [-0.2, 0) is 0 Å². The number of benzene rings is 2. The number of hydrogen-bond donors (Lipinski definition) is 1. The van der Waals surface area contributed by atoms with E-state index in [-0.39, 0.29) is 5.12 Å². The fourth-order valence-corrected chi connectivity index (χ4v) is 4.00. The van der Waals surface area contributed by atoms with Crippen LogP contribution in [0, 0.1) is 0 Å². The zero-order chi connectivity index (χ0) is 18.9. The number of H-pyrrole nitrogens is 1. The Kier molecular flexibility index (Phi) is 7.52. The monoisotopic (exact) mass is 380 g/mol. The zero-order valence-electron chi connectivity index (χ0n) is 16.0. The van der Waals surface area contributed by atoms with Crippen LogP contribution in [0.5, 0.6) is 0 Å². The molecule has 0 saturated heterocycles. The summed E-state index contributed by atoms with van der Waals surface area (Å²) in [7, 11) is 0. The highest BCUT2D eigenvalue weighted by molar-refractivity contribution is 8.14. The second-order valence-corrected chi connectivity index (χ2v) is 8.00. The molecular weight excluding hydrogens is 352 g/mol. The van der Waals surface area contributed by atoms with Gasteiger partial charge in [-0.05, 0) is 30.7 Å². The third kappa shape index (κ3) is 5.70. The van der Waals surface area contributed by atoms with Crippen molar-refractivity contribution < 1.29 is 4.79 Å². The van der Waals surface area contributed by atoms with Crippen LogP contribution in [0.3, 0.4) is 0 Å². The van der Waals surface area contributed by atoms with E-state index in [2.05, 4.69) is 16.9 Å². The summed E-state index contributed by atoms with van der Waals surface area (Å²) >= 11 is 1.44. The van der Waals surface area contributed by atoms with Gasteiger partial charge in [0.05, 0.1) is 11.0 Å². The highest BCUT2D eigenvalue weighted by Gasteiger charge is 2.09. The third-order valence-electron chi connectivity index (χ3n) is 4.76. The number of hydrogen-bond acceptors (Lipinski definition) is 3. The lowest BCUT2D eigenvalue weighted by Crippen LogP contribution is -1.95. The summed E-state index contributed by atoms with van der Waals surface area (Å²) in [5.41, 5.74) is 3.75. The molecular formula is C23H28N2OS. The summed E-state index contributed by atoms with van der Waals surface area (Å²) in [6.45, 7) is 2.24. The molecule has 0 fully saturated rings. The molecule has 2 aromatic carbocycles. The van der Waals surface area contributed by atoms with Crippen molar-refractivity contribution in [2.75, 3.05) is 5.75 Å². The lowest BCUT2D eigenvalue weighted by atomic mass is 10.1. The van der Waals surface area contributed by atoms with Crippen LogP contribution in [0.4, 0.5) is 0 Å². The van der Waals surface area contributed by atoms with Crippen molar-refractivity contribution in [2.45, 2.75) is 51.9 Å². The van der Waals surface area contributed by atoms with Crippen LogP contribution in [-0.4, -0.2) is 20.8 Å². The van der Waals surface area contributed by atoms with Crippen molar-refractivity contribution in [3.63, 3.8) is 0 Å². The van der Waals surface area contributed by atoms with Gasteiger partial charge in [-0.3, -0.25) is 4.79 Å². The molecule has 4 heteroatoms. The first-order valence-corrected chi connectivity index (χ1v) is 11.0. The Bertz CT molecular complexity index is 821. The fourth-order valence-electron chi connectivity index (χ4n) is 3.16. The summed E-state index contributed by atoms with van der Waals surface area (Å²) in [6, 6.07) is 15.7. The van der Waals surface area contributed by atoms with E-state index in [9.17, 15) is 4.79 Å². The average molecular weight is 381 g/mol. The van der Waals surface area contributed by atoms with E-state index in [0.29, 0.717) is 0 Å². The van der Waals surface area contributed by atoms with Crippen LogP contribution < -0.4 is 0 Å². The standard InChI is InChI=1S/C23H28N2OS/c1-2-3-4-5-6-7-10-17-27-23(26)19-15-13-18(14-16-19)22-24-20-11-8-9-12-21(20)25-22/h8-9,11-16H,2-7,10,17H2,1H3,(H,24,25). The van der Waals surface area contributed by atoms with Crippen molar-refractivity contribution in [3.05, 3.63) is 54.1 Å². The van der Waals surface area contributed by atoms with Gasteiger partial charge in [0.25, 0.3) is 0 Å². The van der Waals surface area contributed by atoms with Gasteiger partial charge in [-0.25, -0.2) is 4.98 Å². The normalized spacial score (nSPS) is 11.1. The van der Waals surface area contributed by atoms with Crippen molar-refractivity contribution in [3.8, 4) is 11.4 Å². The number of thioether (sulfide) groups is 1. The number of nitrogens with zero attached hydrogens (tertiary/aromatic N) is 1. The number of nitrogens with one attached hydrogen (secondary N) is 1. The fraction of sp³-hybridized carbons (Fsp3) is 0.391. The molecule has 0 amide bonds. The lowest BCUT2D eigenvalue weighted by molar-refractivity contribution is 0.108. The number of aromatic nitrogens is 2. The van der Waals surface area contributed by atoms with Crippen molar-refractivity contribution in [1.82, 2.24) is 9.97 Å². The van der Waals surface area contributed by atoms with Crippen LogP contribution >= 0.6 is 11.8 Å². The molecule has 0 unspecified atom stereocenters. The predicted octanol–water partition coefficient (Wildman–Crippen LogP) is 6.85. The Labute approximate surface area is 166 Å². The number of carbonyl (C=O) groups is 1. The van der Waals surface area contributed by atoms with Gasteiger partial charge in [0.1, 0.15) is 5.82 Å². The van der Waals surface area contributed by atoms with Crippen molar-refractivity contribution in [2.24, 2.45) is 0 Å². The Hall–Kier alpha value is -2.07. The average Bonchev–Trinajstić information content (AvgIpc) is 3.14. The summed E-state index contributed by atoms with van der Waals surface area (Å²) in [5.74, 6) is 1.75. The number of carbonyl (C=O) groups excluding carboxylic acids is 1. The minimum absolute atomic E-state index is 0.164. The van der Waals surface area contributed by atoms with E-state index in [1.807, 2.05) is 48.5 Å². The smallest absolute Gasteiger partial charge is 0.219 e. The summed E-state index contributed by atoms with van der Waals surface area (Å²) in [4.78, 5) is 20.3. The number of fused-ring (bicyclic) bond motifs is 1. The molecule has 3 rings (SSSR count). The Morgan fingerprint density at radius 3 is 2.37 bits per heavy atom. The van der Waals surface area contributed by atoms with E-state index >= 15 is 0 Å². The van der Waals surface area contributed by atoms with Crippen molar-refractivity contribution in [1.29, 1.82) is 0 Å². The molecule has 1 heterocycles. The molecule has 27 heavy (non-hydrogen) atoms. The van der Waals surface area contributed by atoms with Gasteiger partial charge in [0, 0.05) is 16.9 Å². The van der Waals surface area contributed by atoms with Crippen LogP contribution in [0.15, 0.2) is 48.5 Å². The lowest BCUT2D eigenvalue weighted by Gasteiger charge is -2.03. The maximum atomic E-state index is 12.3. The predicted molar refractivity (Wildman–Crippen MR) is 116 cm³/mol. The number of unbranched alkanes of at least 4 members (excludes halogenated alkanes) is 6. The van der Waals surface area contributed by atoms with Crippen LogP contribution in [0.1, 0.15) is 62.2 Å². The maximum absolute atomic E-state index is 12.3. The number of rotatable bonds is 10. The molecule has 1 N–H and O–H groups in total. The first kappa shape index (κ1) is 19.7. The van der Waals surface area contributed by atoms with Gasteiger partial charge >= 0.3 is 0 Å². The molecule has 0 radical (unpaired) electrons. The molecule has 3 aromatic rings. The Morgan fingerprint density at radius 1 is 0.926 bits per heavy atom. The molecule has 142 valence electrons. The maximum Gasteiger partial charge on any atom is 0.219 e. The highest BCUT2D eigenvalue weighted by Crippen LogP contribution is 2.22. The van der Waals surface area contributed by atoms with Gasteiger partial charge in [-0.15, -0.1) is 0 Å². The Morgan fingerprint density at radius 2 is 1.63 bits per heavy atom. The summed E-state index contributed by atoms with van der Waals surface area (Å²) in [5, 5.41) is 0.164. The second kappa shape index (κ2) is 10.3. The highest BCUT2D eigenvalue weighted by atomic mass is 32.2. The molecule has 1 aromatic heterocycles. The van der Waals surface area contributed by atoms with Crippen molar-refractivity contribution >= 4 is 27.9 Å². The largest absolute Gasteiger partial charge is 0.338 e. The number of imidazole rings is 1. The SMILES string of the molecule is CCCCCCCCCSC(=O)c1ccc(-c2nc3ccccc3[nH]2)cc1. The molecule has 0 atom stereocenters. The number of aromatic amines is 1. The van der Waals surface area contributed by atoms with Gasteiger partial charge in [0.2, 0.25) is 5.12 Å². The van der Waals surface area contributed by atoms with E-state index in [1.165, 1.54) is 50.3 Å². The minimum Gasteiger partial charge on any atom is -0.338 e. The zero-order valence-corrected chi connectivity index (χ0v) is 16.9. The first-order valence-electron chi connectivity index (χ1n) is 10.00. The van der Waals surface area contributed by atoms with Crippen LogP contribution in [0.25, 0.3) is 22.4 Å². The van der Waals surface area contributed by atoms with Gasteiger partial charge in [0.15, 0.2) is 0 Å². The van der Waals surface area contributed by atoms with E-state index < -0.39 is 0 Å². The van der Waals surface area contributed by atoms with Gasteiger partial charge in [-0.1, -0.05) is 81.5 Å². The molecule has 0 aliphatic rings. The topological polar surface area (TPSA) is 45.8 Å². The molecule has 0 saturated carbocycles. The van der Waals surface area contributed by atoms with Crippen LogP contribution in [0.2, 0.25) is 0 Å². The molecule has 0 aliphatic carbocycles. The van der Waals surface area contributed by atoms with E-state index in [0.717, 1.165) is 40.2 Å². The summed E-state index contributed by atoms with van der Waals surface area (Å²) in [6.07, 6.45) is 8.96.